The predicted molar refractivity (Wildman–Crippen MR) is 116 cm³/mol. The lowest BCUT2D eigenvalue weighted by Crippen LogP contribution is -2.26. The molecule has 0 aliphatic carbocycles. The van der Waals surface area contributed by atoms with Gasteiger partial charge in [0, 0.05) is 23.2 Å². The van der Waals surface area contributed by atoms with Crippen LogP contribution in [0.2, 0.25) is 0 Å². The van der Waals surface area contributed by atoms with Gasteiger partial charge in [-0.1, -0.05) is 36.4 Å². The summed E-state index contributed by atoms with van der Waals surface area (Å²) < 4.78 is 13.6. The first-order valence-electron chi connectivity index (χ1n) is 10.1. The van der Waals surface area contributed by atoms with E-state index >= 15 is 0 Å². The number of rotatable bonds is 7. The maximum Gasteiger partial charge on any atom is 0.287 e. The summed E-state index contributed by atoms with van der Waals surface area (Å²) in [5.74, 6) is 1.38. The second-order valence-corrected chi connectivity index (χ2v) is 7.23. The number of hydrogen-bond donors (Lipinski definition) is 1. The lowest BCUT2D eigenvalue weighted by atomic mass is 10.1. The summed E-state index contributed by atoms with van der Waals surface area (Å²) in [6.07, 6.45) is 1.80. The van der Waals surface area contributed by atoms with E-state index < -0.39 is 0 Å². The summed E-state index contributed by atoms with van der Waals surface area (Å²) in [4.78, 5) is 12.6. The normalized spacial score (nSPS) is 12.1. The summed E-state index contributed by atoms with van der Waals surface area (Å²) in [5, 5.41) is 9.47. The van der Waals surface area contributed by atoms with Crippen molar-refractivity contribution in [3.8, 4) is 5.75 Å². The highest BCUT2D eigenvalue weighted by atomic mass is 16.5. The third-order valence-electron chi connectivity index (χ3n) is 5.26. The smallest absolute Gasteiger partial charge is 0.287 e. The summed E-state index contributed by atoms with van der Waals surface area (Å²) in [7, 11) is 0. The molecule has 4 aromatic rings. The molecule has 2 heterocycles. The molecule has 6 nitrogen and oxygen atoms in total. The van der Waals surface area contributed by atoms with Crippen molar-refractivity contribution in [3.05, 3.63) is 83.6 Å². The highest BCUT2D eigenvalue weighted by Gasteiger charge is 2.18. The van der Waals surface area contributed by atoms with Crippen LogP contribution in [0.3, 0.4) is 0 Å². The molecule has 1 atom stereocenters. The number of carbonyl (C=O) groups is 1. The fraction of sp³-hybridized carbons (Fsp3) is 0.250. The van der Waals surface area contributed by atoms with E-state index in [2.05, 4.69) is 10.4 Å². The number of nitrogens with zero attached hydrogens (tertiary/aromatic N) is 2. The Labute approximate surface area is 175 Å². The van der Waals surface area contributed by atoms with Crippen molar-refractivity contribution in [3.63, 3.8) is 0 Å². The molecular weight excluding hydrogens is 378 g/mol. The van der Waals surface area contributed by atoms with Crippen LogP contribution in [0.15, 0.2) is 65.2 Å². The molecule has 1 unspecified atom stereocenters. The predicted octanol–water partition coefficient (Wildman–Crippen LogP) is 5.03. The van der Waals surface area contributed by atoms with E-state index in [1.54, 1.807) is 18.3 Å². The second kappa shape index (κ2) is 8.45. The van der Waals surface area contributed by atoms with Gasteiger partial charge in [0.2, 0.25) is 0 Å². The third kappa shape index (κ3) is 3.94. The van der Waals surface area contributed by atoms with Crippen LogP contribution >= 0.6 is 0 Å². The van der Waals surface area contributed by atoms with Crippen molar-refractivity contribution < 1.29 is 13.9 Å². The molecule has 0 saturated heterocycles. The van der Waals surface area contributed by atoms with Gasteiger partial charge in [0.1, 0.15) is 18.1 Å². The molecule has 0 aliphatic heterocycles. The average Bonchev–Trinajstić information content (AvgIpc) is 3.38. The first-order valence-corrected chi connectivity index (χ1v) is 10.1. The van der Waals surface area contributed by atoms with E-state index in [0.717, 1.165) is 34.3 Å². The fourth-order valence-corrected chi connectivity index (χ4v) is 3.60. The highest BCUT2D eigenvalue weighted by molar-refractivity contribution is 5.91. The number of amides is 1. The van der Waals surface area contributed by atoms with E-state index in [9.17, 15) is 4.79 Å². The Kier molecular flexibility index (Phi) is 5.57. The van der Waals surface area contributed by atoms with Crippen LogP contribution in [0.5, 0.6) is 5.75 Å². The summed E-state index contributed by atoms with van der Waals surface area (Å²) in [6.45, 7) is 7.03. The van der Waals surface area contributed by atoms with Crippen molar-refractivity contribution in [1.29, 1.82) is 0 Å². The van der Waals surface area contributed by atoms with Crippen LogP contribution in [0, 0.1) is 6.92 Å². The molecule has 4 rings (SSSR count). The van der Waals surface area contributed by atoms with E-state index in [-0.39, 0.29) is 24.3 Å². The minimum Gasteiger partial charge on any atom is -0.485 e. The average molecular weight is 403 g/mol. The van der Waals surface area contributed by atoms with Crippen molar-refractivity contribution in [2.45, 2.75) is 40.0 Å². The van der Waals surface area contributed by atoms with Gasteiger partial charge in [-0.2, -0.15) is 5.10 Å². The first-order chi connectivity index (χ1) is 14.6. The van der Waals surface area contributed by atoms with Gasteiger partial charge >= 0.3 is 0 Å². The number of hydrogen-bond acceptors (Lipinski definition) is 4. The molecule has 0 saturated carbocycles. The van der Waals surface area contributed by atoms with Gasteiger partial charge in [0.15, 0.2) is 5.76 Å². The molecule has 0 aliphatic rings. The zero-order valence-corrected chi connectivity index (χ0v) is 17.4. The van der Waals surface area contributed by atoms with E-state index in [0.29, 0.717) is 5.76 Å². The topological polar surface area (TPSA) is 69.3 Å². The Morgan fingerprint density at radius 2 is 1.97 bits per heavy atom. The van der Waals surface area contributed by atoms with Gasteiger partial charge in [0.05, 0.1) is 12.2 Å². The van der Waals surface area contributed by atoms with Crippen LogP contribution in [-0.4, -0.2) is 15.7 Å². The molecule has 154 valence electrons. The van der Waals surface area contributed by atoms with Crippen molar-refractivity contribution in [1.82, 2.24) is 15.1 Å². The van der Waals surface area contributed by atoms with Crippen molar-refractivity contribution in [2.75, 3.05) is 0 Å². The summed E-state index contributed by atoms with van der Waals surface area (Å²) in [6, 6.07) is 17.3. The van der Waals surface area contributed by atoms with Crippen molar-refractivity contribution >= 4 is 16.7 Å². The van der Waals surface area contributed by atoms with E-state index in [1.807, 2.05) is 67.9 Å². The number of aromatic nitrogens is 2. The maximum absolute atomic E-state index is 12.6. The van der Waals surface area contributed by atoms with Gasteiger partial charge in [-0.25, -0.2) is 0 Å². The fourth-order valence-electron chi connectivity index (χ4n) is 3.60. The van der Waals surface area contributed by atoms with Crippen LogP contribution < -0.4 is 10.1 Å². The molecule has 6 heteroatoms. The van der Waals surface area contributed by atoms with Gasteiger partial charge in [-0.3, -0.25) is 9.48 Å². The molecule has 1 amide bonds. The molecule has 1 N–H and O–H groups in total. The first kappa shape index (κ1) is 19.8. The standard InChI is InChI=1S/C24H25N3O3/c1-4-27-17(3)21(14-25-27)16(2)26-24(28)23-13-12-19(30-23)15-29-22-11-7-9-18-8-5-6-10-20(18)22/h5-14,16H,4,15H2,1-3H3,(H,26,28). The minimum absolute atomic E-state index is 0.168. The van der Waals surface area contributed by atoms with E-state index in [1.165, 1.54) is 0 Å². The SMILES string of the molecule is CCn1ncc(C(C)NC(=O)c2ccc(COc3cccc4ccccc34)o2)c1C. The molecule has 2 aromatic carbocycles. The number of nitrogens with one attached hydrogen (secondary N) is 1. The van der Waals surface area contributed by atoms with Gasteiger partial charge in [-0.05, 0) is 44.4 Å². The largest absolute Gasteiger partial charge is 0.485 e. The summed E-state index contributed by atoms with van der Waals surface area (Å²) in [5.41, 5.74) is 2.05. The maximum atomic E-state index is 12.6. The van der Waals surface area contributed by atoms with E-state index in [4.69, 9.17) is 9.15 Å². The monoisotopic (exact) mass is 403 g/mol. The van der Waals surface area contributed by atoms with Crippen LogP contribution in [0.25, 0.3) is 10.8 Å². The Balaban J connectivity index is 1.41. The number of fused-ring (bicyclic) bond motifs is 1. The highest BCUT2D eigenvalue weighted by Crippen LogP contribution is 2.26. The number of aryl methyl sites for hydroxylation is 1. The number of carbonyl (C=O) groups excluding carboxylic acids is 1. The second-order valence-electron chi connectivity index (χ2n) is 7.23. The zero-order valence-electron chi connectivity index (χ0n) is 17.4. The molecular formula is C24H25N3O3. The zero-order chi connectivity index (χ0) is 21.1. The lowest BCUT2D eigenvalue weighted by molar-refractivity contribution is 0.0907. The lowest BCUT2D eigenvalue weighted by Gasteiger charge is -2.13. The van der Waals surface area contributed by atoms with Crippen LogP contribution in [-0.2, 0) is 13.2 Å². The molecule has 2 aromatic heterocycles. The molecule has 0 radical (unpaired) electrons. The minimum atomic E-state index is -0.262. The summed E-state index contributed by atoms with van der Waals surface area (Å²) >= 11 is 0. The van der Waals surface area contributed by atoms with Gasteiger partial charge in [0.25, 0.3) is 5.91 Å². The molecule has 0 spiro atoms. The number of benzene rings is 2. The van der Waals surface area contributed by atoms with Crippen LogP contribution in [0.4, 0.5) is 0 Å². The quantitative estimate of drug-likeness (QED) is 0.470. The Bertz CT molecular complexity index is 1170. The molecule has 30 heavy (non-hydrogen) atoms. The van der Waals surface area contributed by atoms with Crippen molar-refractivity contribution in [2.24, 2.45) is 0 Å². The van der Waals surface area contributed by atoms with Crippen LogP contribution in [0.1, 0.15) is 47.5 Å². The Morgan fingerprint density at radius 1 is 1.17 bits per heavy atom. The number of ether oxygens (including phenoxy) is 1. The number of furan rings is 1. The van der Waals surface area contributed by atoms with Gasteiger partial charge < -0.3 is 14.5 Å². The van der Waals surface area contributed by atoms with Gasteiger partial charge in [-0.15, -0.1) is 0 Å². The third-order valence-corrected chi connectivity index (χ3v) is 5.26. The Morgan fingerprint density at radius 3 is 2.77 bits per heavy atom. The Hall–Kier alpha value is -3.54. The molecule has 0 fully saturated rings. The molecule has 0 bridgehead atoms.